The first-order chi connectivity index (χ1) is 11.3. The van der Waals surface area contributed by atoms with E-state index in [0.717, 1.165) is 32.6 Å². The normalized spacial score (nSPS) is 11.8. The number of alkyl halides is 3. The summed E-state index contributed by atoms with van der Waals surface area (Å²) in [6.45, 7) is 0. The molecule has 0 atom stereocenters. The highest BCUT2D eigenvalue weighted by molar-refractivity contribution is 9.10. The number of halogens is 4. The molecule has 3 aromatic rings. The number of nitrogens with one attached hydrogen (secondary N) is 1. The molecule has 0 spiro atoms. The van der Waals surface area contributed by atoms with Crippen LogP contribution in [0.5, 0.6) is 0 Å². The molecule has 3 nitrogen and oxygen atoms in total. The van der Waals surface area contributed by atoms with Crippen LogP contribution in [0.1, 0.15) is 11.3 Å². The highest BCUT2D eigenvalue weighted by atomic mass is 79.9. The highest BCUT2D eigenvalue weighted by Crippen LogP contribution is 2.29. The average molecular weight is 415 g/mol. The fourth-order valence-electron chi connectivity index (χ4n) is 2.18. The zero-order chi connectivity index (χ0) is 17.3. The summed E-state index contributed by atoms with van der Waals surface area (Å²) in [4.78, 5) is 17.2. The predicted octanol–water partition coefficient (Wildman–Crippen LogP) is 5.00. The van der Waals surface area contributed by atoms with Gasteiger partial charge in [0.25, 0.3) is 5.56 Å². The second-order valence-electron chi connectivity index (χ2n) is 5.02. The third-order valence-electron chi connectivity index (χ3n) is 3.28. The third kappa shape index (κ3) is 3.81. The van der Waals surface area contributed by atoms with E-state index in [-0.39, 0.29) is 5.16 Å². The van der Waals surface area contributed by atoms with Crippen molar-refractivity contribution in [1.29, 1.82) is 0 Å². The number of fused-ring (bicyclic) bond motifs is 1. The van der Waals surface area contributed by atoms with Crippen molar-refractivity contribution in [2.45, 2.75) is 17.1 Å². The number of aromatic amines is 1. The van der Waals surface area contributed by atoms with Crippen LogP contribution in [0, 0.1) is 0 Å². The largest absolute Gasteiger partial charge is 0.433 e. The molecule has 24 heavy (non-hydrogen) atoms. The Morgan fingerprint density at radius 3 is 2.71 bits per heavy atom. The van der Waals surface area contributed by atoms with Crippen LogP contribution < -0.4 is 5.56 Å². The summed E-state index contributed by atoms with van der Waals surface area (Å²) < 4.78 is 39.1. The van der Waals surface area contributed by atoms with Gasteiger partial charge in [0, 0.05) is 16.3 Å². The van der Waals surface area contributed by atoms with Crippen molar-refractivity contribution in [3.05, 3.63) is 68.5 Å². The number of benzene rings is 2. The number of rotatable bonds is 3. The van der Waals surface area contributed by atoms with Crippen LogP contribution in [0.2, 0.25) is 0 Å². The van der Waals surface area contributed by atoms with Crippen molar-refractivity contribution >= 4 is 38.5 Å². The van der Waals surface area contributed by atoms with Gasteiger partial charge < -0.3 is 4.98 Å². The molecule has 3 rings (SSSR count). The Morgan fingerprint density at radius 1 is 1.17 bits per heavy atom. The van der Waals surface area contributed by atoms with Crippen LogP contribution in [0.25, 0.3) is 10.8 Å². The Balaban J connectivity index is 1.83. The van der Waals surface area contributed by atoms with Crippen LogP contribution in [0.3, 0.4) is 0 Å². The standard InChI is InChI=1S/C16H10BrF3N2OS/c17-12-3-1-2-10-6-9(4-5-11(10)12)8-24-15-21-13(16(18,19)20)7-14(23)22-15/h1-7H,8H2,(H,21,22,23). The van der Waals surface area contributed by atoms with E-state index in [0.29, 0.717) is 11.8 Å². The molecule has 1 heterocycles. The second-order valence-corrected chi connectivity index (χ2v) is 6.84. The molecule has 0 saturated carbocycles. The number of thioether (sulfide) groups is 1. The van der Waals surface area contributed by atoms with Gasteiger partial charge in [-0.3, -0.25) is 4.79 Å². The van der Waals surface area contributed by atoms with Gasteiger partial charge in [-0.2, -0.15) is 13.2 Å². The molecular formula is C16H10BrF3N2OS. The first-order valence-corrected chi connectivity index (χ1v) is 8.59. The number of hydrogen-bond acceptors (Lipinski definition) is 3. The van der Waals surface area contributed by atoms with Gasteiger partial charge in [-0.15, -0.1) is 0 Å². The van der Waals surface area contributed by atoms with Crippen LogP contribution in [-0.2, 0) is 11.9 Å². The summed E-state index contributed by atoms with van der Waals surface area (Å²) in [5.74, 6) is 0.396. The van der Waals surface area contributed by atoms with Gasteiger partial charge in [-0.1, -0.05) is 58.0 Å². The van der Waals surface area contributed by atoms with E-state index < -0.39 is 17.4 Å². The van der Waals surface area contributed by atoms with E-state index in [1.807, 2.05) is 36.4 Å². The Labute approximate surface area is 147 Å². The van der Waals surface area contributed by atoms with E-state index in [9.17, 15) is 18.0 Å². The van der Waals surface area contributed by atoms with Crippen molar-refractivity contribution < 1.29 is 13.2 Å². The maximum atomic E-state index is 12.7. The molecule has 0 bridgehead atoms. The SMILES string of the molecule is O=c1cc(C(F)(F)F)nc(SCc2ccc3c(Br)cccc3c2)[nH]1. The smallest absolute Gasteiger partial charge is 0.301 e. The molecular weight excluding hydrogens is 405 g/mol. The lowest BCUT2D eigenvalue weighted by molar-refractivity contribution is -0.141. The lowest BCUT2D eigenvalue weighted by Gasteiger charge is -2.08. The molecule has 0 fully saturated rings. The van der Waals surface area contributed by atoms with Gasteiger partial charge in [0.1, 0.15) is 0 Å². The van der Waals surface area contributed by atoms with E-state index in [1.54, 1.807) is 0 Å². The Morgan fingerprint density at radius 2 is 1.96 bits per heavy atom. The molecule has 0 aliphatic rings. The van der Waals surface area contributed by atoms with Crippen molar-refractivity contribution in [3.63, 3.8) is 0 Å². The van der Waals surface area contributed by atoms with Crippen LogP contribution in [-0.4, -0.2) is 9.97 Å². The van der Waals surface area contributed by atoms with Gasteiger partial charge in [0.15, 0.2) is 10.9 Å². The first-order valence-electron chi connectivity index (χ1n) is 6.81. The fraction of sp³-hybridized carbons (Fsp3) is 0.125. The molecule has 124 valence electrons. The van der Waals surface area contributed by atoms with Crippen LogP contribution in [0.15, 0.2) is 56.9 Å². The summed E-state index contributed by atoms with van der Waals surface area (Å²) in [5, 5.41) is 2.02. The molecule has 2 aromatic carbocycles. The number of nitrogens with zero attached hydrogens (tertiary/aromatic N) is 1. The molecule has 0 aliphatic carbocycles. The van der Waals surface area contributed by atoms with Crippen molar-refractivity contribution in [1.82, 2.24) is 9.97 Å². The monoisotopic (exact) mass is 414 g/mol. The van der Waals surface area contributed by atoms with E-state index >= 15 is 0 Å². The van der Waals surface area contributed by atoms with Crippen LogP contribution in [0.4, 0.5) is 13.2 Å². The zero-order valence-corrected chi connectivity index (χ0v) is 14.4. The molecule has 0 unspecified atom stereocenters. The maximum absolute atomic E-state index is 12.7. The zero-order valence-electron chi connectivity index (χ0n) is 12.0. The minimum absolute atomic E-state index is 0.0517. The van der Waals surface area contributed by atoms with E-state index in [4.69, 9.17) is 0 Å². The van der Waals surface area contributed by atoms with Gasteiger partial charge in [-0.25, -0.2) is 4.98 Å². The van der Waals surface area contributed by atoms with Crippen molar-refractivity contribution in [2.75, 3.05) is 0 Å². The predicted molar refractivity (Wildman–Crippen MR) is 91.1 cm³/mol. The Kier molecular flexibility index (Phi) is 4.69. The molecule has 0 saturated heterocycles. The highest BCUT2D eigenvalue weighted by Gasteiger charge is 2.33. The van der Waals surface area contributed by atoms with Crippen LogP contribution >= 0.6 is 27.7 Å². The number of hydrogen-bond donors (Lipinski definition) is 1. The Bertz CT molecular complexity index is 956. The summed E-state index contributed by atoms with van der Waals surface area (Å²) in [6, 6.07) is 12.1. The van der Waals surface area contributed by atoms with Gasteiger partial charge >= 0.3 is 6.18 Å². The molecule has 1 aromatic heterocycles. The molecule has 0 amide bonds. The third-order valence-corrected chi connectivity index (χ3v) is 4.91. The second kappa shape index (κ2) is 6.60. The lowest BCUT2D eigenvalue weighted by Crippen LogP contribution is -2.16. The number of aromatic nitrogens is 2. The summed E-state index contributed by atoms with van der Waals surface area (Å²) in [6.07, 6.45) is -4.64. The van der Waals surface area contributed by atoms with Gasteiger partial charge in [-0.05, 0) is 22.4 Å². The fourth-order valence-corrected chi connectivity index (χ4v) is 3.52. The summed E-state index contributed by atoms with van der Waals surface area (Å²) >= 11 is 4.52. The quantitative estimate of drug-likeness (QED) is 0.484. The topological polar surface area (TPSA) is 45.8 Å². The first kappa shape index (κ1) is 17.0. The summed E-state index contributed by atoms with van der Waals surface area (Å²) in [5.41, 5.74) is -1.08. The van der Waals surface area contributed by atoms with E-state index in [2.05, 4.69) is 25.9 Å². The van der Waals surface area contributed by atoms with Gasteiger partial charge in [0.05, 0.1) is 0 Å². The number of H-pyrrole nitrogens is 1. The maximum Gasteiger partial charge on any atom is 0.433 e. The lowest BCUT2D eigenvalue weighted by atomic mass is 10.1. The molecule has 0 radical (unpaired) electrons. The molecule has 8 heteroatoms. The van der Waals surface area contributed by atoms with Crippen molar-refractivity contribution in [3.8, 4) is 0 Å². The van der Waals surface area contributed by atoms with Gasteiger partial charge in [0.2, 0.25) is 0 Å². The summed E-state index contributed by atoms with van der Waals surface area (Å²) in [7, 11) is 0. The molecule has 1 N–H and O–H groups in total. The van der Waals surface area contributed by atoms with E-state index in [1.165, 1.54) is 0 Å². The van der Waals surface area contributed by atoms with Crippen molar-refractivity contribution in [2.24, 2.45) is 0 Å². The Hall–Kier alpha value is -1.80. The molecule has 0 aliphatic heterocycles. The minimum Gasteiger partial charge on any atom is -0.301 e. The minimum atomic E-state index is -4.64. The average Bonchev–Trinajstić information content (AvgIpc) is 2.52.